The van der Waals surface area contributed by atoms with E-state index < -0.39 is 10.1 Å². The molecule has 0 aliphatic rings. The number of benzene rings is 2. The summed E-state index contributed by atoms with van der Waals surface area (Å²) in [7, 11) is -3.61. The Morgan fingerprint density at radius 2 is 1.89 bits per heavy atom. The van der Waals surface area contributed by atoms with Gasteiger partial charge in [0.25, 0.3) is 0 Å². The van der Waals surface area contributed by atoms with E-state index in [1.54, 1.807) is 47.4 Å². The third-order valence-corrected chi connectivity index (χ3v) is 4.73. The summed E-state index contributed by atoms with van der Waals surface area (Å²) in [5.74, 6) is 0.220. The molecule has 0 aliphatic carbocycles. The smallest absolute Gasteiger partial charge is 0.322 e. The molecule has 0 saturated heterocycles. The average molecular weight is 411 g/mol. The van der Waals surface area contributed by atoms with Gasteiger partial charge in [-0.15, -0.1) is 0 Å². The monoisotopic (exact) mass is 410 g/mol. The molecule has 2 rings (SSSR count). The minimum atomic E-state index is -3.61. The summed E-state index contributed by atoms with van der Waals surface area (Å²) < 4.78 is 27.6. The molecule has 0 bridgehead atoms. The van der Waals surface area contributed by atoms with Crippen molar-refractivity contribution in [3.63, 3.8) is 0 Å². The fourth-order valence-electron chi connectivity index (χ4n) is 2.44. The highest BCUT2D eigenvalue weighted by Gasteiger charge is 2.20. The Balaban J connectivity index is 2.17. The number of carbonyl (C=O) groups excluding carboxylic acids is 1. The van der Waals surface area contributed by atoms with Gasteiger partial charge in [0, 0.05) is 23.3 Å². The molecule has 1 N–H and O–H groups in total. The SMILES string of the molecule is CCC(C)N(Cc1cccc(OS(C)(=O)=O)c1)C(=O)Nc1ccc(Cl)cc1. The summed E-state index contributed by atoms with van der Waals surface area (Å²) in [5.41, 5.74) is 1.41. The minimum absolute atomic E-state index is 0.0169. The van der Waals surface area contributed by atoms with Gasteiger partial charge in [0.05, 0.1) is 6.26 Å². The van der Waals surface area contributed by atoms with Crippen molar-refractivity contribution in [2.24, 2.45) is 0 Å². The van der Waals surface area contributed by atoms with Crippen molar-refractivity contribution < 1.29 is 17.4 Å². The lowest BCUT2D eigenvalue weighted by Gasteiger charge is -2.29. The van der Waals surface area contributed by atoms with E-state index >= 15 is 0 Å². The van der Waals surface area contributed by atoms with Crippen LogP contribution in [0.3, 0.4) is 0 Å². The van der Waals surface area contributed by atoms with E-state index in [1.807, 2.05) is 19.9 Å². The van der Waals surface area contributed by atoms with Gasteiger partial charge >= 0.3 is 16.1 Å². The van der Waals surface area contributed by atoms with E-state index in [0.717, 1.165) is 18.2 Å². The number of carbonyl (C=O) groups is 1. The number of rotatable bonds is 7. The Morgan fingerprint density at radius 1 is 1.22 bits per heavy atom. The maximum atomic E-state index is 12.8. The van der Waals surface area contributed by atoms with Gasteiger partial charge in [0.15, 0.2) is 0 Å². The van der Waals surface area contributed by atoms with Gasteiger partial charge in [-0.3, -0.25) is 0 Å². The van der Waals surface area contributed by atoms with Crippen LogP contribution in [-0.2, 0) is 16.7 Å². The van der Waals surface area contributed by atoms with Crippen LogP contribution in [0.15, 0.2) is 48.5 Å². The Labute approximate surface area is 165 Å². The Hall–Kier alpha value is -2.25. The van der Waals surface area contributed by atoms with Crippen LogP contribution in [0.4, 0.5) is 10.5 Å². The van der Waals surface area contributed by atoms with E-state index in [4.69, 9.17) is 15.8 Å². The van der Waals surface area contributed by atoms with Gasteiger partial charge in [-0.25, -0.2) is 4.79 Å². The zero-order valence-electron chi connectivity index (χ0n) is 15.5. The predicted octanol–water partition coefficient (Wildman–Crippen LogP) is 4.51. The van der Waals surface area contributed by atoms with Crippen LogP contribution in [0.1, 0.15) is 25.8 Å². The minimum Gasteiger partial charge on any atom is -0.383 e. The second-order valence-corrected chi connectivity index (χ2v) is 8.27. The molecule has 0 heterocycles. The van der Waals surface area contributed by atoms with Crippen LogP contribution in [0, 0.1) is 0 Å². The maximum absolute atomic E-state index is 12.8. The van der Waals surface area contributed by atoms with Gasteiger partial charge in [0.1, 0.15) is 5.75 Å². The lowest BCUT2D eigenvalue weighted by molar-refractivity contribution is 0.187. The second kappa shape index (κ2) is 9.10. The van der Waals surface area contributed by atoms with Gasteiger partial charge in [-0.05, 0) is 55.3 Å². The molecule has 1 unspecified atom stereocenters. The van der Waals surface area contributed by atoms with Crippen molar-refractivity contribution in [2.75, 3.05) is 11.6 Å². The van der Waals surface area contributed by atoms with Crippen LogP contribution in [-0.4, -0.2) is 31.6 Å². The zero-order valence-corrected chi connectivity index (χ0v) is 17.0. The third kappa shape index (κ3) is 6.77. The maximum Gasteiger partial charge on any atom is 0.322 e. The summed E-state index contributed by atoms with van der Waals surface area (Å²) in [4.78, 5) is 14.5. The fourth-order valence-corrected chi connectivity index (χ4v) is 3.02. The van der Waals surface area contributed by atoms with Crippen molar-refractivity contribution in [1.82, 2.24) is 4.90 Å². The number of halogens is 1. The molecule has 0 aliphatic heterocycles. The van der Waals surface area contributed by atoms with Crippen molar-refractivity contribution in [3.05, 3.63) is 59.1 Å². The summed E-state index contributed by atoms with van der Waals surface area (Å²) in [6.07, 6.45) is 1.76. The zero-order chi connectivity index (χ0) is 20.0. The van der Waals surface area contributed by atoms with E-state index in [9.17, 15) is 13.2 Å². The van der Waals surface area contributed by atoms with Gasteiger partial charge in [0.2, 0.25) is 0 Å². The summed E-state index contributed by atoms with van der Waals surface area (Å²) in [5, 5.41) is 3.45. The lowest BCUT2D eigenvalue weighted by atomic mass is 10.1. The fraction of sp³-hybridized carbons (Fsp3) is 0.316. The number of hydrogen-bond acceptors (Lipinski definition) is 4. The number of nitrogens with zero attached hydrogens (tertiary/aromatic N) is 1. The summed E-state index contributed by atoms with van der Waals surface area (Å²) in [6.45, 7) is 4.27. The molecule has 6 nitrogen and oxygen atoms in total. The molecule has 27 heavy (non-hydrogen) atoms. The van der Waals surface area contributed by atoms with E-state index in [1.165, 1.54) is 0 Å². The van der Waals surface area contributed by atoms with Crippen molar-refractivity contribution in [3.8, 4) is 5.75 Å². The van der Waals surface area contributed by atoms with Crippen LogP contribution in [0.25, 0.3) is 0 Å². The van der Waals surface area contributed by atoms with Crippen molar-refractivity contribution in [1.29, 1.82) is 0 Å². The Morgan fingerprint density at radius 3 is 2.48 bits per heavy atom. The average Bonchev–Trinajstić information content (AvgIpc) is 2.60. The van der Waals surface area contributed by atoms with Crippen molar-refractivity contribution >= 4 is 33.4 Å². The third-order valence-electron chi connectivity index (χ3n) is 3.98. The summed E-state index contributed by atoms with van der Waals surface area (Å²) in [6, 6.07) is 13.3. The number of nitrogens with one attached hydrogen (secondary N) is 1. The molecule has 2 aromatic carbocycles. The molecular weight excluding hydrogens is 388 g/mol. The Bertz CT molecular complexity index is 885. The molecule has 0 fully saturated rings. The first kappa shape index (κ1) is 21.1. The molecule has 146 valence electrons. The molecule has 2 aromatic rings. The van der Waals surface area contributed by atoms with E-state index in [-0.39, 0.29) is 17.8 Å². The van der Waals surface area contributed by atoms with Crippen LogP contribution in [0.5, 0.6) is 5.75 Å². The molecule has 0 radical (unpaired) electrons. The highest BCUT2D eigenvalue weighted by atomic mass is 35.5. The number of amides is 2. The normalized spacial score (nSPS) is 12.3. The molecule has 0 spiro atoms. The largest absolute Gasteiger partial charge is 0.383 e. The first-order chi connectivity index (χ1) is 12.7. The lowest BCUT2D eigenvalue weighted by Crippen LogP contribution is -2.40. The van der Waals surface area contributed by atoms with E-state index in [2.05, 4.69) is 5.32 Å². The summed E-state index contributed by atoms with van der Waals surface area (Å²) >= 11 is 5.87. The molecule has 2 amide bonds. The highest BCUT2D eigenvalue weighted by Crippen LogP contribution is 2.20. The first-order valence-electron chi connectivity index (χ1n) is 8.49. The number of hydrogen-bond donors (Lipinski definition) is 1. The number of anilines is 1. The molecule has 0 aromatic heterocycles. The van der Waals surface area contributed by atoms with Gasteiger partial charge in [-0.2, -0.15) is 8.42 Å². The highest BCUT2D eigenvalue weighted by molar-refractivity contribution is 7.86. The standard InChI is InChI=1S/C19H23ClN2O4S/c1-4-14(2)22(19(23)21-17-10-8-16(20)9-11-17)13-15-6-5-7-18(12-15)26-27(3,24)25/h5-12,14H,4,13H2,1-3H3,(H,21,23). The molecular formula is C19H23ClN2O4S. The Kier molecular flexibility index (Phi) is 7.10. The van der Waals surface area contributed by atoms with Gasteiger partial charge in [-0.1, -0.05) is 30.7 Å². The van der Waals surface area contributed by atoms with Crippen LogP contribution in [0.2, 0.25) is 5.02 Å². The van der Waals surface area contributed by atoms with Crippen LogP contribution >= 0.6 is 11.6 Å². The first-order valence-corrected chi connectivity index (χ1v) is 10.7. The quantitative estimate of drug-likeness (QED) is 0.681. The predicted molar refractivity (Wildman–Crippen MR) is 108 cm³/mol. The topological polar surface area (TPSA) is 75.7 Å². The second-order valence-electron chi connectivity index (χ2n) is 6.26. The number of urea groups is 1. The van der Waals surface area contributed by atoms with E-state index in [0.29, 0.717) is 17.3 Å². The molecule has 0 saturated carbocycles. The molecule has 1 atom stereocenters. The molecule has 8 heteroatoms. The van der Waals surface area contributed by atoms with Gasteiger partial charge < -0.3 is 14.4 Å². The van der Waals surface area contributed by atoms with Crippen molar-refractivity contribution in [2.45, 2.75) is 32.9 Å². The van der Waals surface area contributed by atoms with Crippen LogP contribution < -0.4 is 9.50 Å².